The molecule has 1 aromatic carbocycles. The molecule has 3 aromatic rings. The number of amides is 1. The minimum Gasteiger partial charge on any atom is -0.396 e. The summed E-state index contributed by atoms with van der Waals surface area (Å²) in [4.78, 5) is 14.5. The molecular formula is C21H22F2N4O2. The smallest absolute Gasteiger partial charge is 0.255 e. The molecule has 1 aliphatic rings. The second-order valence-electron chi connectivity index (χ2n) is 7.12. The minimum atomic E-state index is -0.457. The number of aromatic nitrogens is 2. The van der Waals surface area contributed by atoms with Crippen molar-refractivity contribution in [2.45, 2.75) is 25.3 Å². The topological polar surface area (TPSA) is 69.9 Å². The number of benzene rings is 1. The van der Waals surface area contributed by atoms with Gasteiger partial charge in [0, 0.05) is 37.1 Å². The summed E-state index contributed by atoms with van der Waals surface area (Å²) in [5.41, 5.74) is 2.23. The SMILES string of the molecule is O=C(NCCCO)c1cnn2ccc(N3CCC[C@@H]3c3cc(F)ccc3F)cc12. The number of anilines is 1. The molecule has 2 N–H and O–H groups in total. The van der Waals surface area contributed by atoms with Gasteiger partial charge in [0.1, 0.15) is 11.6 Å². The summed E-state index contributed by atoms with van der Waals surface area (Å²) in [5.74, 6) is -1.14. The molecule has 2 aromatic heterocycles. The third-order valence-electron chi connectivity index (χ3n) is 5.27. The van der Waals surface area contributed by atoms with Crippen LogP contribution in [0.15, 0.2) is 42.7 Å². The van der Waals surface area contributed by atoms with Crippen LogP contribution in [-0.2, 0) is 0 Å². The number of halogens is 2. The third-order valence-corrected chi connectivity index (χ3v) is 5.27. The van der Waals surface area contributed by atoms with E-state index in [4.69, 9.17) is 5.11 Å². The number of hydrogen-bond acceptors (Lipinski definition) is 4. The predicted molar refractivity (Wildman–Crippen MR) is 105 cm³/mol. The van der Waals surface area contributed by atoms with Crippen molar-refractivity contribution in [1.29, 1.82) is 0 Å². The van der Waals surface area contributed by atoms with Crippen molar-refractivity contribution in [2.24, 2.45) is 0 Å². The van der Waals surface area contributed by atoms with Crippen LogP contribution in [0.1, 0.15) is 41.2 Å². The van der Waals surface area contributed by atoms with Crippen LogP contribution in [-0.4, -0.2) is 40.3 Å². The summed E-state index contributed by atoms with van der Waals surface area (Å²) in [6.07, 6.45) is 5.32. The maximum absolute atomic E-state index is 14.4. The van der Waals surface area contributed by atoms with E-state index in [0.717, 1.165) is 30.7 Å². The summed E-state index contributed by atoms with van der Waals surface area (Å²) in [5, 5.41) is 15.8. The highest BCUT2D eigenvalue weighted by Gasteiger charge is 2.29. The maximum atomic E-state index is 14.4. The van der Waals surface area contributed by atoms with Gasteiger partial charge in [-0.2, -0.15) is 5.10 Å². The lowest BCUT2D eigenvalue weighted by Crippen LogP contribution is -2.25. The number of carbonyl (C=O) groups excluding carboxylic acids is 1. The van der Waals surface area contributed by atoms with E-state index in [-0.39, 0.29) is 18.6 Å². The van der Waals surface area contributed by atoms with Gasteiger partial charge in [-0.3, -0.25) is 4.79 Å². The number of nitrogens with one attached hydrogen (secondary N) is 1. The molecule has 6 nitrogen and oxygen atoms in total. The molecule has 0 radical (unpaired) electrons. The highest BCUT2D eigenvalue weighted by molar-refractivity contribution is 6.01. The normalized spacial score (nSPS) is 16.5. The number of aliphatic hydroxyl groups excluding tert-OH is 1. The van der Waals surface area contributed by atoms with E-state index in [1.165, 1.54) is 12.3 Å². The Labute approximate surface area is 166 Å². The fourth-order valence-corrected chi connectivity index (χ4v) is 3.87. The van der Waals surface area contributed by atoms with Gasteiger partial charge in [0.2, 0.25) is 0 Å². The van der Waals surface area contributed by atoms with Gasteiger partial charge in [-0.05, 0) is 49.6 Å². The molecule has 3 heterocycles. The second kappa shape index (κ2) is 8.16. The molecule has 0 bridgehead atoms. The molecule has 0 spiro atoms. The monoisotopic (exact) mass is 400 g/mol. The van der Waals surface area contributed by atoms with E-state index in [9.17, 15) is 13.6 Å². The van der Waals surface area contributed by atoms with Crippen molar-refractivity contribution in [2.75, 3.05) is 24.6 Å². The van der Waals surface area contributed by atoms with Crippen molar-refractivity contribution >= 4 is 17.1 Å². The van der Waals surface area contributed by atoms with Crippen LogP contribution < -0.4 is 10.2 Å². The molecule has 1 saturated heterocycles. The first-order valence-electron chi connectivity index (χ1n) is 9.66. The summed E-state index contributed by atoms with van der Waals surface area (Å²) in [6.45, 7) is 1.09. The molecule has 1 aliphatic heterocycles. The van der Waals surface area contributed by atoms with E-state index in [2.05, 4.69) is 10.4 Å². The first-order valence-corrected chi connectivity index (χ1v) is 9.66. The Morgan fingerprint density at radius 1 is 1.28 bits per heavy atom. The highest BCUT2D eigenvalue weighted by Crippen LogP contribution is 2.38. The Balaban J connectivity index is 1.65. The minimum absolute atomic E-state index is 0.00613. The fourth-order valence-electron chi connectivity index (χ4n) is 3.87. The number of aliphatic hydroxyl groups is 1. The maximum Gasteiger partial charge on any atom is 0.255 e. The number of pyridine rings is 1. The van der Waals surface area contributed by atoms with Crippen LogP contribution >= 0.6 is 0 Å². The van der Waals surface area contributed by atoms with Crippen LogP contribution in [0.2, 0.25) is 0 Å². The van der Waals surface area contributed by atoms with Crippen molar-refractivity contribution in [1.82, 2.24) is 14.9 Å². The number of rotatable bonds is 6. The third kappa shape index (κ3) is 3.80. The van der Waals surface area contributed by atoms with E-state index in [0.29, 0.717) is 36.2 Å². The van der Waals surface area contributed by atoms with Crippen molar-refractivity contribution in [3.8, 4) is 0 Å². The Morgan fingerprint density at radius 3 is 2.97 bits per heavy atom. The lowest BCUT2D eigenvalue weighted by molar-refractivity contribution is 0.0953. The Bertz CT molecular complexity index is 1040. The number of carbonyl (C=O) groups is 1. The molecular weight excluding hydrogens is 378 g/mol. The zero-order valence-electron chi connectivity index (χ0n) is 15.8. The molecule has 1 amide bonds. The molecule has 0 saturated carbocycles. The van der Waals surface area contributed by atoms with E-state index in [1.54, 1.807) is 10.7 Å². The van der Waals surface area contributed by atoms with Gasteiger partial charge in [-0.25, -0.2) is 13.3 Å². The lowest BCUT2D eigenvalue weighted by atomic mass is 10.0. The summed E-state index contributed by atoms with van der Waals surface area (Å²) >= 11 is 0. The number of nitrogens with zero attached hydrogens (tertiary/aromatic N) is 3. The van der Waals surface area contributed by atoms with Crippen LogP contribution in [0, 0.1) is 11.6 Å². The Hall–Kier alpha value is -3.00. The van der Waals surface area contributed by atoms with Crippen molar-refractivity contribution in [3.63, 3.8) is 0 Å². The van der Waals surface area contributed by atoms with Crippen LogP contribution in [0.25, 0.3) is 5.52 Å². The zero-order valence-corrected chi connectivity index (χ0v) is 15.8. The molecule has 8 heteroatoms. The number of hydrogen-bond donors (Lipinski definition) is 2. The molecule has 29 heavy (non-hydrogen) atoms. The van der Waals surface area contributed by atoms with E-state index >= 15 is 0 Å². The van der Waals surface area contributed by atoms with E-state index in [1.807, 2.05) is 17.0 Å². The largest absolute Gasteiger partial charge is 0.396 e. The van der Waals surface area contributed by atoms with Gasteiger partial charge in [0.25, 0.3) is 5.91 Å². The van der Waals surface area contributed by atoms with Gasteiger partial charge < -0.3 is 15.3 Å². The standard InChI is InChI=1S/C21H22F2N4O2/c22-14-4-5-18(23)16(11-14)19-3-1-8-26(19)15-6-9-27-20(12-15)17(13-25-27)21(29)24-7-2-10-28/h4-6,9,11-13,19,28H,1-3,7-8,10H2,(H,24,29)/t19-/m1/s1. The van der Waals surface area contributed by atoms with Crippen LogP contribution in [0.3, 0.4) is 0 Å². The average Bonchev–Trinajstić information content (AvgIpc) is 3.36. The number of fused-ring (bicyclic) bond motifs is 1. The molecule has 1 fully saturated rings. The van der Waals surface area contributed by atoms with Gasteiger partial charge in [0.05, 0.1) is 23.3 Å². The van der Waals surface area contributed by atoms with Crippen molar-refractivity contribution < 1.29 is 18.7 Å². The average molecular weight is 400 g/mol. The van der Waals surface area contributed by atoms with Gasteiger partial charge in [-0.15, -0.1) is 0 Å². The Kier molecular flexibility index (Phi) is 5.44. The Morgan fingerprint density at radius 2 is 2.14 bits per heavy atom. The lowest BCUT2D eigenvalue weighted by Gasteiger charge is -2.27. The molecule has 0 unspecified atom stereocenters. The summed E-state index contributed by atoms with van der Waals surface area (Å²) < 4.78 is 29.7. The first-order chi connectivity index (χ1) is 14.1. The molecule has 4 rings (SSSR count). The highest BCUT2D eigenvalue weighted by atomic mass is 19.1. The quantitative estimate of drug-likeness (QED) is 0.624. The second-order valence-corrected chi connectivity index (χ2v) is 7.12. The van der Waals surface area contributed by atoms with Gasteiger partial charge in [0.15, 0.2) is 0 Å². The van der Waals surface area contributed by atoms with Gasteiger partial charge >= 0.3 is 0 Å². The zero-order chi connectivity index (χ0) is 20.4. The summed E-state index contributed by atoms with van der Waals surface area (Å²) in [7, 11) is 0. The van der Waals surface area contributed by atoms with Crippen molar-refractivity contribution in [3.05, 3.63) is 65.5 Å². The predicted octanol–water partition coefficient (Wildman–Crippen LogP) is 3.07. The first kappa shape index (κ1) is 19.3. The fraction of sp³-hybridized carbons (Fsp3) is 0.333. The molecule has 1 atom stereocenters. The van der Waals surface area contributed by atoms with Crippen LogP contribution in [0.5, 0.6) is 0 Å². The van der Waals surface area contributed by atoms with Crippen LogP contribution in [0.4, 0.5) is 14.5 Å². The molecule has 0 aliphatic carbocycles. The summed E-state index contributed by atoms with van der Waals surface area (Å²) in [6, 6.07) is 6.99. The molecule has 152 valence electrons. The van der Waals surface area contributed by atoms with E-state index < -0.39 is 11.6 Å². The van der Waals surface area contributed by atoms with Gasteiger partial charge in [-0.1, -0.05) is 0 Å².